The number of aromatic nitrogens is 1. The average Bonchev–Trinajstić information content (AvgIpc) is 3.37. The Morgan fingerprint density at radius 3 is 2.32 bits per heavy atom. The second-order valence-electron chi connectivity index (χ2n) is 6.41. The third-order valence-electron chi connectivity index (χ3n) is 4.87. The second kappa shape index (κ2) is 10.8. The summed E-state index contributed by atoms with van der Waals surface area (Å²) in [6.45, 7) is 4.41. The van der Waals surface area contributed by atoms with E-state index in [0.717, 1.165) is 6.42 Å². The molecular weight excluding hydrogens is 421 g/mol. The van der Waals surface area contributed by atoms with Gasteiger partial charge in [-0.2, -0.15) is 6.08 Å². The van der Waals surface area contributed by atoms with Crippen molar-refractivity contribution in [1.82, 2.24) is 4.57 Å². The van der Waals surface area contributed by atoms with Gasteiger partial charge in [-0.1, -0.05) is 24.3 Å². The van der Waals surface area contributed by atoms with Gasteiger partial charge in [-0.05, 0) is 31.2 Å². The maximum Gasteiger partial charge on any atom is 4.00 e. The van der Waals surface area contributed by atoms with Crippen molar-refractivity contribution in [3.63, 3.8) is 0 Å². The molecule has 0 saturated carbocycles. The zero-order valence-electron chi connectivity index (χ0n) is 15.9. The number of fused-ring (bicyclic) bond motifs is 2. The second-order valence-corrected chi connectivity index (χ2v) is 6.41. The first-order valence-corrected chi connectivity index (χ1v) is 8.70. The molecule has 4 heteroatoms. The van der Waals surface area contributed by atoms with Crippen LogP contribution in [0.5, 0.6) is 0 Å². The zero-order chi connectivity index (χ0) is 17.2. The Morgan fingerprint density at radius 1 is 0.964 bits per heavy atom. The number of nitrogens with zero attached hydrogens (tertiary/aromatic N) is 1. The van der Waals surface area contributed by atoms with Gasteiger partial charge >= 0.3 is 21.7 Å². The van der Waals surface area contributed by atoms with Crippen molar-refractivity contribution in [1.29, 1.82) is 0 Å². The van der Waals surface area contributed by atoms with Crippen molar-refractivity contribution in [2.45, 2.75) is 20.3 Å². The van der Waals surface area contributed by atoms with Crippen LogP contribution in [0.2, 0.25) is 0 Å². The molecule has 0 aliphatic heterocycles. The normalized spacial score (nSPS) is 11.4. The van der Waals surface area contributed by atoms with E-state index in [0.29, 0.717) is 0 Å². The monoisotopic (exact) mass is 441 g/mol. The number of hydrogen-bond donors (Lipinski definition) is 0. The van der Waals surface area contributed by atoms with Crippen LogP contribution in [0.15, 0.2) is 78.9 Å². The molecule has 0 fully saturated rings. The SMILES string of the molecule is Cc1c(C)n(-c2cc3ccccc3[cH-]2)c2ccccc12.[C-]1=CC=CC1.[Cl-].[Cl-].[Ti+4]. The summed E-state index contributed by atoms with van der Waals surface area (Å²) < 4.78 is 2.37. The van der Waals surface area contributed by atoms with Gasteiger partial charge in [0.15, 0.2) is 0 Å². The van der Waals surface area contributed by atoms with Crippen LogP contribution in [0.25, 0.3) is 27.4 Å². The molecule has 3 aromatic carbocycles. The van der Waals surface area contributed by atoms with Crippen LogP contribution in [0.3, 0.4) is 0 Å². The molecule has 140 valence electrons. The summed E-state index contributed by atoms with van der Waals surface area (Å²) in [6.07, 6.45) is 10.0. The predicted molar refractivity (Wildman–Crippen MR) is 107 cm³/mol. The van der Waals surface area contributed by atoms with Gasteiger partial charge in [0, 0.05) is 11.1 Å². The largest absolute Gasteiger partial charge is 4.00 e. The van der Waals surface area contributed by atoms with Crippen molar-refractivity contribution >= 4 is 21.7 Å². The van der Waals surface area contributed by atoms with Crippen molar-refractivity contribution in [2.75, 3.05) is 0 Å². The van der Waals surface area contributed by atoms with E-state index < -0.39 is 0 Å². The Hall–Kier alpha value is -1.64. The summed E-state index contributed by atoms with van der Waals surface area (Å²) in [5.74, 6) is 0. The maximum atomic E-state index is 2.99. The summed E-state index contributed by atoms with van der Waals surface area (Å²) in [7, 11) is 0. The fourth-order valence-electron chi connectivity index (χ4n) is 3.47. The minimum atomic E-state index is 0. The molecule has 0 radical (unpaired) electrons. The molecule has 0 spiro atoms. The van der Waals surface area contributed by atoms with Gasteiger partial charge < -0.3 is 29.4 Å². The summed E-state index contributed by atoms with van der Waals surface area (Å²) in [6, 6.07) is 21.7. The molecule has 1 aliphatic rings. The fourth-order valence-corrected chi connectivity index (χ4v) is 3.47. The van der Waals surface area contributed by atoms with Crippen molar-refractivity contribution in [3.05, 3.63) is 96.2 Å². The Kier molecular flexibility index (Phi) is 9.40. The number of allylic oxidation sites excluding steroid dienone is 4. The molecule has 0 unspecified atom stereocenters. The first-order chi connectivity index (χ1) is 12.3. The fraction of sp³-hybridized carbons (Fsp3) is 0.125. The van der Waals surface area contributed by atoms with Gasteiger partial charge in [0.05, 0.1) is 5.52 Å². The molecule has 1 aromatic heterocycles. The first-order valence-electron chi connectivity index (χ1n) is 8.70. The van der Waals surface area contributed by atoms with E-state index in [1.54, 1.807) is 0 Å². The third-order valence-corrected chi connectivity index (χ3v) is 4.87. The van der Waals surface area contributed by atoms with Gasteiger partial charge in [0.1, 0.15) is 0 Å². The van der Waals surface area contributed by atoms with E-state index in [-0.39, 0.29) is 46.5 Å². The molecule has 1 nitrogen and oxygen atoms in total. The van der Waals surface area contributed by atoms with Gasteiger partial charge in [-0.3, -0.25) is 6.08 Å². The molecule has 0 atom stereocenters. The Balaban J connectivity index is 0.000000433. The summed E-state index contributed by atoms with van der Waals surface area (Å²) in [5, 5.41) is 3.95. The molecule has 0 bridgehead atoms. The molecule has 5 rings (SSSR count). The standard InChI is InChI=1S/C19H16N.C5H5.2ClH.Ti/c1-13-14(2)20(19-10-6-5-9-18(13)19)17-11-15-7-3-4-8-16(15)12-17;1-2-4-5-3-1;;;/h3-12H,1-2H3;1-3H,4H2;2*1H;/q2*-1;;;+4/p-2. The van der Waals surface area contributed by atoms with Crippen LogP contribution in [0.1, 0.15) is 17.7 Å². The first kappa shape index (κ1) is 24.4. The number of halogens is 2. The van der Waals surface area contributed by atoms with Crippen molar-refractivity contribution in [2.24, 2.45) is 0 Å². The molecular formula is C24H21Cl2NTi. The number of rotatable bonds is 1. The van der Waals surface area contributed by atoms with Crippen molar-refractivity contribution in [3.8, 4) is 5.69 Å². The van der Waals surface area contributed by atoms with Crippen LogP contribution in [0, 0.1) is 19.9 Å². The predicted octanol–water partition coefficient (Wildman–Crippen LogP) is 0.431. The maximum absolute atomic E-state index is 2.99. The molecule has 1 heterocycles. The summed E-state index contributed by atoms with van der Waals surface area (Å²) >= 11 is 0. The van der Waals surface area contributed by atoms with Crippen LogP contribution < -0.4 is 24.8 Å². The van der Waals surface area contributed by atoms with Crippen LogP contribution in [-0.4, -0.2) is 4.57 Å². The van der Waals surface area contributed by atoms with Gasteiger partial charge in [0.25, 0.3) is 0 Å². The Bertz CT molecular complexity index is 1060. The van der Waals surface area contributed by atoms with E-state index in [1.165, 1.54) is 38.6 Å². The Morgan fingerprint density at radius 2 is 1.68 bits per heavy atom. The molecule has 1 aliphatic carbocycles. The zero-order valence-corrected chi connectivity index (χ0v) is 19.0. The minimum Gasteiger partial charge on any atom is -1.00 e. The van der Waals surface area contributed by atoms with E-state index in [2.05, 4.69) is 91.2 Å². The number of benzene rings is 2. The van der Waals surface area contributed by atoms with E-state index in [1.807, 2.05) is 12.2 Å². The third kappa shape index (κ3) is 4.67. The molecule has 0 amide bonds. The number of para-hydroxylation sites is 1. The van der Waals surface area contributed by atoms with Gasteiger partial charge in [0.2, 0.25) is 0 Å². The van der Waals surface area contributed by atoms with Crippen LogP contribution in [0.4, 0.5) is 0 Å². The van der Waals surface area contributed by atoms with Crippen LogP contribution >= 0.6 is 0 Å². The quantitative estimate of drug-likeness (QED) is 0.298. The molecule has 0 saturated heterocycles. The minimum absolute atomic E-state index is 0. The number of aryl methyl sites for hydroxylation is 1. The van der Waals surface area contributed by atoms with E-state index in [9.17, 15) is 0 Å². The summed E-state index contributed by atoms with van der Waals surface area (Å²) in [4.78, 5) is 0. The van der Waals surface area contributed by atoms with Crippen molar-refractivity contribution < 1.29 is 46.5 Å². The smallest absolute Gasteiger partial charge is 1.00 e. The van der Waals surface area contributed by atoms with Crippen LogP contribution in [-0.2, 0) is 21.7 Å². The summed E-state index contributed by atoms with van der Waals surface area (Å²) in [5.41, 5.74) is 5.23. The van der Waals surface area contributed by atoms with E-state index >= 15 is 0 Å². The average molecular weight is 442 g/mol. The number of hydrogen-bond acceptors (Lipinski definition) is 0. The molecule has 0 N–H and O–H groups in total. The van der Waals surface area contributed by atoms with Gasteiger partial charge in [-0.15, -0.1) is 47.5 Å². The topological polar surface area (TPSA) is 4.93 Å². The molecule has 28 heavy (non-hydrogen) atoms. The van der Waals surface area contributed by atoms with E-state index in [4.69, 9.17) is 0 Å². The Labute approximate surface area is 194 Å². The van der Waals surface area contributed by atoms with Gasteiger partial charge in [-0.25, -0.2) is 12.2 Å². The molecule has 4 aromatic rings.